The van der Waals surface area contributed by atoms with Gasteiger partial charge in [0.1, 0.15) is 0 Å². The Morgan fingerprint density at radius 1 is 1.20 bits per heavy atom. The van der Waals surface area contributed by atoms with E-state index in [1.807, 2.05) is 0 Å². The molecule has 4 N–H and O–H groups in total. The van der Waals surface area contributed by atoms with Crippen molar-refractivity contribution in [2.24, 2.45) is 11.1 Å². The molecule has 0 aromatic heterocycles. The van der Waals surface area contributed by atoms with E-state index in [4.69, 9.17) is 10.8 Å². The Kier molecular flexibility index (Phi) is 4.85. The molecule has 6 heteroatoms. The molecule has 0 saturated carbocycles. The van der Waals surface area contributed by atoms with E-state index in [1.54, 1.807) is 32.0 Å². The Labute approximate surface area is 117 Å². The van der Waals surface area contributed by atoms with Crippen molar-refractivity contribution >= 4 is 23.5 Å². The number of aliphatic carboxylic acids is 1. The van der Waals surface area contributed by atoms with Crippen LogP contribution < -0.4 is 11.1 Å². The fourth-order valence-corrected chi connectivity index (χ4v) is 1.91. The van der Waals surface area contributed by atoms with Gasteiger partial charge in [-0.25, -0.2) is 0 Å². The summed E-state index contributed by atoms with van der Waals surface area (Å²) in [4.78, 5) is 33.9. The number of benzene rings is 1. The summed E-state index contributed by atoms with van der Waals surface area (Å²) >= 11 is 0. The van der Waals surface area contributed by atoms with Crippen LogP contribution in [0.2, 0.25) is 0 Å². The maximum atomic E-state index is 11.9. The fourth-order valence-electron chi connectivity index (χ4n) is 1.91. The summed E-state index contributed by atoms with van der Waals surface area (Å²) in [6.07, 6.45) is -0.0791. The van der Waals surface area contributed by atoms with Gasteiger partial charge in [-0.1, -0.05) is 26.0 Å². The second kappa shape index (κ2) is 6.18. The highest BCUT2D eigenvalue weighted by atomic mass is 16.4. The van der Waals surface area contributed by atoms with E-state index in [9.17, 15) is 14.4 Å². The minimum Gasteiger partial charge on any atom is -0.481 e. The average molecular weight is 278 g/mol. The molecule has 1 rings (SSSR count). The maximum Gasteiger partial charge on any atom is 0.303 e. The summed E-state index contributed by atoms with van der Waals surface area (Å²) in [5, 5.41) is 11.4. The Hall–Kier alpha value is -2.37. The van der Waals surface area contributed by atoms with Crippen LogP contribution in [0, 0.1) is 5.41 Å². The monoisotopic (exact) mass is 278 g/mol. The Morgan fingerprint density at radius 2 is 1.80 bits per heavy atom. The number of amides is 2. The topological polar surface area (TPSA) is 109 Å². The second-order valence-electron chi connectivity index (χ2n) is 5.37. The fraction of sp³-hybridized carbons (Fsp3) is 0.357. The van der Waals surface area contributed by atoms with Crippen LogP contribution >= 0.6 is 0 Å². The molecule has 0 aliphatic rings. The number of primary amides is 1. The van der Waals surface area contributed by atoms with E-state index in [1.165, 1.54) is 6.07 Å². The van der Waals surface area contributed by atoms with Gasteiger partial charge in [0.05, 0.1) is 17.7 Å². The van der Waals surface area contributed by atoms with Gasteiger partial charge in [0.25, 0.3) is 5.91 Å². The summed E-state index contributed by atoms with van der Waals surface area (Å²) in [7, 11) is 0. The Morgan fingerprint density at radius 3 is 2.35 bits per heavy atom. The zero-order valence-electron chi connectivity index (χ0n) is 11.5. The van der Waals surface area contributed by atoms with Gasteiger partial charge in [-0.3, -0.25) is 14.4 Å². The van der Waals surface area contributed by atoms with Gasteiger partial charge < -0.3 is 16.2 Å². The maximum absolute atomic E-state index is 11.9. The lowest BCUT2D eigenvalue weighted by atomic mass is 9.85. The van der Waals surface area contributed by atoms with Crippen molar-refractivity contribution in [2.75, 3.05) is 5.32 Å². The van der Waals surface area contributed by atoms with Gasteiger partial charge in [0.15, 0.2) is 0 Å². The lowest BCUT2D eigenvalue weighted by Crippen LogP contribution is -2.25. The number of rotatable bonds is 6. The standard InChI is InChI=1S/C14H18N2O4/c1-14(2,8-12(18)19)7-11(17)16-10-6-4-3-5-9(10)13(15)20/h3-6H,7-8H2,1-2H3,(H2,15,20)(H,16,17)(H,18,19). The van der Waals surface area contributed by atoms with E-state index < -0.39 is 17.3 Å². The summed E-state index contributed by atoms with van der Waals surface area (Å²) in [5.41, 5.74) is 5.10. The number of anilines is 1. The quantitative estimate of drug-likeness (QED) is 0.734. The first-order valence-corrected chi connectivity index (χ1v) is 6.12. The van der Waals surface area contributed by atoms with Crippen LogP contribution in [0.25, 0.3) is 0 Å². The molecule has 1 aromatic carbocycles. The van der Waals surface area contributed by atoms with Gasteiger partial charge in [-0.05, 0) is 17.5 Å². The molecule has 2 amide bonds. The normalized spacial score (nSPS) is 10.9. The van der Waals surface area contributed by atoms with Crippen molar-refractivity contribution in [1.82, 2.24) is 0 Å². The number of para-hydroxylation sites is 1. The third kappa shape index (κ3) is 4.72. The van der Waals surface area contributed by atoms with E-state index in [0.29, 0.717) is 5.69 Å². The van der Waals surface area contributed by atoms with Crippen LogP contribution in [-0.4, -0.2) is 22.9 Å². The molecule has 0 bridgehead atoms. The van der Waals surface area contributed by atoms with Gasteiger partial charge in [-0.2, -0.15) is 0 Å². The number of hydrogen-bond donors (Lipinski definition) is 3. The summed E-state index contributed by atoms with van der Waals surface area (Å²) in [6, 6.07) is 6.40. The van der Waals surface area contributed by atoms with Gasteiger partial charge in [0.2, 0.25) is 5.91 Å². The van der Waals surface area contributed by atoms with Crippen LogP contribution in [0.1, 0.15) is 37.0 Å². The SMILES string of the molecule is CC(C)(CC(=O)O)CC(=O)Nc1ccccc1C(N)=O. The number of carboxylic acid groups (broad SMARTS) is 1. The van der Waals surface area contributed by atoms with E-state index in [0.717, 1.165) is 0 Å². The van der Waals surface area contributed by atoms with Crippen LogP contribution in [-0.2, 0) is 9.59 Å². The first-order valence-electron chi connectivity index (χ1n) is 6.12. The first-order chi connectivity index (χ1) is 9.21. The predicted octanol–water partition coefficient (Wildman–Crippen LogP) is 1.61. The van der Waals surface area contributed by atoms with E-state index >= 15 is 0 Å². The molecule has 6 nitrogen and oxygen atoms in total. The van der Waals surface area contributed by atoms with Gasteiger partial charge in [0, 0.05) is 6.42 Å². The van der Waals surface area contributed by atoms with Crippen LogP contribution in [0.4, 0.5) is 5.69 Å². The largest absolute Gasteiger partial charge is 0.481 e. The van der Waals surface area contributed by atoms with E-state index in [-0.39, 0.29) is 24.3 Å². The summed E-state index contributed by atoms with van der Waals surface area (Å²) in [5.74, 6) is -1.95. The highest BCUT2D eigenvalue weighted by molar-refractivity contribution is 6.03. The highest BCUT2D eigenvalue weighted by Gasteiger charge is 2.25. The number of carbonyl (C=O) groups is 3. The average Bonchev–Trinajstić information content (AvgIpc) is 2.26. The first kappa shape index (κ1) is 15.7. The molecular weight excluding hydrogens is 260 g/mol. The zero-order chi connectivity index (χ0) is 15.3. The van der Waals surface area contributed by atoms with Crippen molar-refractivity contribution in [3.8, 4) is 0 Å². The molecule has 0 spiro atoms. The van der Waals surface area contributed by atoms with Crippen molar-refractivity contribution in [3.05, 3.63) is 29.8 Å². The zero-order valence-corrected chi connectivity index (χ0v) is 11.5. The number of nitrogens with one attached hydrogen (secondary N) is 1. The third-order valence-electron chi connectivity index (χ3n) is 2.74. The van der Waals surface area contributed by atoms with Gasteiger partial charge in [-0.15, -0.1) is 0 Å². The molecule has 108 valence electrons. The molecular formula is C14H18N2O4. The summed E-state index contributed by atoms with van der Waals surface area (Å²) < 4.78 is 0. The molecule has 0 unspecified atom stereocenters. The highest BCUT2D eigenvalue weighted by Crippen LogP contribution is 2.26. The molecule has 0 radical (unpaired) electrons. The second-order valence-corrected chi connectivity index (χ2v) is 5.37. The lowest BCUT2D eigenvalue weighted by Gasteiger charge is -2.21. The molecule has 1 aromatic rings. The number of hydrogen-bond acceptors (Lipinski definition) is 3. The Balaban J connectivity index is 2.77. The van der Waals surface area contributed by atoms with Crippen molar-refractivity contribution < 1.29 is 19.5 Å². The van der Waals surface area contributed by atoms with Crippen molar-refractivity contribution in [3.63, 3.8) is 0 Å². The molecule has 20 heavy (non-hydrogen) atoms. The molecule has 0 saturated heterocycles. The minimum absolute atomic E-state index is 0.0341. The molecule has 0 atom stereocenters. The van der Waals surface area contributed by atoms with Crippen molar-refractivity contribution in [2.45, 2.75) is 26.7 Å². The van der Waals surface area contributed by atoms with E-state index in [2.05, 4.69) is 5.32 Å². The predicted molar refractivity (Wildman–Crippen MR) is 74.2 cm³/mol. The van der Waals surface area contributed by atoms with Gasteiger partial charge >= 0.3 is 5.97 Å². The molecule has 0 aliphatic carbocycles. The number of carbonyl (C=O) groups excluding carboxylic acids is 2. The third-order valence-corrected chi connectivity index (χ3v) is 2.74. The molecule has 0 fully saturated rings. The molecule has 0 heterocycles. The minimum atomic E-state index is -0.958. The van der Waals surface area contributed by atoms with Crippen molar-refractivity contribution in [1.29, 1.82) is 0 Å². The lowest BCUT2D eigenvalue weighted by molar-refractivity contribution is -0.139. The Bertz CT molecular complexity index is 538. The van der Waals surface area contributed by atoms with Crippen LogP contribution in [0.3, 0.4) is 0 Å². The number of carboxylic acids is 1. The summed E-state index contributed by atoms with van der Waals surface area (Å²) in [6.45, 7) is 3.39. The molecule has 0 aliphatic heterocycles. The smallest absolute Gasteiger partial charge is 0.303 e. The van der Waals surface area contributed by atoms with Crippen LogP contribution in [0.5, 0.6) is 0 Å². The number of nitrogens with two attached hydrogens (primary N) is 1. The van der Waals surface area contributed by atoms with Crippen LogP contribution in [0.15, 0.2) is 24.3 Å².